The van der Waals surface area contributed by atoms with Crippen LogP contribution in [0.2, 0.25) is 0 Å². The van der Waals surface area contributed by atoms with Gasteiger partial charge in [0.05, 0.1) is 17.5 Å². The molecule has 3 aliphatic carbocycles. The molecule has 2 amide bonds. The lowest BCUT2D eigenvalue weighted by Gasteiger charge is -2.54. The third-order valence-corrected chi connectivity index (χ3v) is 9.94. The largest absolute Gasteiger partial charge is 0.457 e. The van der Waals surface area contributed by atoms with Gasteiger partial charge in [0.1, 0.15) is 21.2 Å². The van der Waals surface area contributed by atoms with Crippen molar-refractivity contribution in [3.05, 3.63) is 138 Å². The average molecular weight is 562 g/mol. The molecule has 0 radical (unpaired) electrons. The number of benzene rings is 5. The smallest absolute Gasteiger partial charge is 0.240 e. The highest BCUT2D eigenvalue weighted by Crippen LogP contribution is 2.69. The van der Waals surface area contributed by atoms with Gasteiger partial charge in [-0.3, -0.25) is 9.59 Å². The molecule has 5 aromatic rings. The quantitative estimate of drug-likeness (QED) is 0.167. The van der Waals surface area contributed by atoms with Crippen LogP contribution in [-0.2, 0) is 19.3 Å². The molecule has 1 fully saturated rings. The maximum absolute atomic E-state index is 14.2. The summed E-state index contributed by atoms with van der Waals surface area (Å²) in [7, 11) is 0. The highest BCUT2D eigenvalue weighted by Gasteiger charge is 2.73. The Morgan fingerprint density at radius 2 is 1.05 bits per heavy atom. The Hall–Kier alpha value is -4.12. The number of fused-ring (bicyclic) bond motifs is 1. The van der Waals surface area contributed by atoms with E-state index in [4.69, 9.17) is 27.9 Å². The molecular weight excluding hydrogens is 541 g/mol. The molecule has 1 saturated heterocycles. The number of halogens is 2. The van der Waals surface area contributed by atoms with Gasteiger partial charge in [-0.05, 0) is 58.0 Å². The van der Waals surface area contributed by atoms with E-state index in [0.717, 1.165) is 38.8 Å². The van der Waals surface area contributed by atoms with Crippen LogP contribution in [0.25, 0.3) is 10.8 Å². The molecule has 0 aromatic heterocycles. The second kappa shape index (κ2) is 8.20. The molecule has 4 nitrogen and oxygen atoms in total. The van der Waals surface area contributed by atoms with Crippen molar-refractivity contribution in [2.24, 2.45) is 11.8 Å². The number of carbonyl (C=O) groups excluding carboxylic acids is 2. The fourth-order valence-electron chi connectivity index (χ4n) is 7.00. The number of nitrogens with zero attached hydrogens (tertiary/aromatic N) is 1. The number of imide groups is 1. The topological polar surface area (TPSA) is 46.6 Å². The molecule has 0 spiro atoms. The summed E-state index contributed by atoms with van der Waals surface area (Å²) >= 11 is 15.0. The van der Waals surface area contributed by atoms with Crippen LogP contribution in [-0.4, -0.2) is 11.8 Å². The normalized spacial score (nSPS) is 26.0. The number of rotatable bonds is 3. The van der Waals surface area contributed by atoms with Crippen molar-refractivity contribution < 1.29 is 14.3 Å². The highest BCUT2D eigenvalue weighted by atomic mass is 35.5. The molecule has 194 valence electrons. The van der Waals surface area contributed by atoms with E-state index in [-0.39, 0.29) is 11.8 Å². The predicted octanol–water partition coefficient (Wildman–Crippen LogP) is 7.73. The van der Waals surface area contributed by atoms with Gasteiger partial charge in [0.15, 0.2) is 0 Å². The van der Waals surface area contributed by atoms with Crippen molar-refractivity contribution >= 4 is 51.5 Å². The van der Waals surface area contributed by atoms with Gasteiger partial charge in [0.25, 0.3) is 0 Å². The first-order valence-corrected chi connectivity index (χ1v) is 13.9. The van der Waals surface area contributed by atoms with Gasteiger partial charge in [-0.2, -0.15) is 0 Å². The first-order chi connectivity index (χ1) is 19.4. The Morgan fingerprint density at radius 3 is 1.60 bits per heavy atom. The Kier molecular flexibility index (Phi) is 4.87. The van der Waals surface area contributed by atoms with Gasteiger partial charge in [0, 0.05) is 5.39 Å². The van der Waals surface area contributed by atoms with Crippen molar-refractivity contribution in [1.82, 2.24) is 0 Å². The molecule has 6 heteroatoms. The van der Waals surface area contributed by atoms with Gasteiger partial charge in [-0.25, -0.2) is 4.90 Å². The van der Waals surface area contributed by atoms with E-state index in [1.54, 1.807) is 24.3 Å². The minimum Gasteiger partial charge on any atom is -0.457 e. The van der Waals surface area contributed by atoms with Crippen LogP contribution in [0.1, 0.15) is 22.3 Å². The molecule has 5 aromatic carbocycles. The first-order valence-electron chi connectivity index (χ1n) is 13.2. The lowest BCUT2D eigenvalue weighted by atomic mass is 9.54. The number of anilines is 1. The van der Waals surface area contributed by atoms with E-state index in [1.807, 2.05) is 91.0 Å². The molecule has 1 aliphatic heterocycles. The number of amides is 2. The van der Waals surface area contributed by atoms with Crippen LogP contribution in [0.3, 0.4) is 0 Å². The summed E-state index contributed by atoms with van der Waals surface area (Å²) in [5, 5.41) is 2.08. The number of hydrogen-bond donors (Lipinski definition) is 0. The predicted molar refractivity (Wildman–Crippen MR) is 156 cm³/mol. The van der Waals surface area contributed by atoms with Gasteiger partial charge in [0.2, 0.25) is 11.8 Å². The lowest BCUT2D eigenvalue weighted by molar-refractivity contribution is -0.122. The van der Waals surface area contributed by atoms with Crippen molar-refractivity contribution in [2.75, 3.05) is 4.90 Å². The summed E-state index contributed by atoms with van der Waals surface area (Å²) in [6, 6.07) is 36.2. The molecule has 0 unspecified atom stereocenters. The fourth-order valence-corrected chi connectivity index (χ4v) is 8.09. The second-order valence-corrected chi connectivity index (χ2v) is 11.7. The lowest BCUT2D eigenvalue weighted by Crippen LogP contribution is -2.57. The highest BCUT2D eigenvalue weighted by molar-refractivity contribution is 6.38. The number of alkyl halides is 2. The third kappa shape index (κ3) is 2.87. The Morgan fingerprint density at radius 1 is 0.575 bits per heavy atom. The zero-order valence-electron chi connectivity index (χ0n) is 21.1. The van der Waals surface area contributed by atoms with Gasteiger partial charge >= 0.3 is 0 Å². The molecule has 2 atom stereocenters. The number of hydrogen-bond acceptors (Lipinski definition) is 3. The van der Waals surface area contributed by atoms with Gasteiger partial charge in [-0.1, -0.05) is 84.9 Å². The standard InChI is InChI=1S/C34H21Cl2NO3/c35-33-24-11-3-4-12-25(24)34(36,27-14-6-5-13-26(27)33)30-29(33)31(38)37(32(30)39)21-16-18-22(19-17-21)40-28-15-7-9-20-8-1-2-10-23(20)28/h1-19,29-30H/t29-,30-,33?,34?/m0/s1. The summed E-state index contributed by atoms with van der Waals surface area (Å²) in [6.07, 6.45) is 0. The zero-order valence-corrected chi connectivity index (χ0v) is 22.6. The second-order valence-electron chi connectivity index (χ2n) is 10.6. The van der Waals surface area contributed by atoms with Gasteiger partial charge in [-0.15, -0.1) is 23.2 Å². The van der Waals surface area contributed by atoms with E-state index in [9.17, 15) is 9.59 Å². The van der Waals surface area contributed by atoms with E-state index in [2.05, 4.69) is 0 Å². The van der Waals surface area contributed by atoms with Crippen molar-refractivity contribution in [2.45, 2.75) is 9.75 Å². The fraction of sp³-hybridized carbons (Fsp3) is 0.118. The van der Waals surface area contributed by atoms with Crippen molar-refractivity contribution in [3.8, 4) is 11.5 Å². The Labute approximate surface area is 240 Å². The first kappa shape index (κ1) is 23.7. The third-order valence-electron chi connectivity index (χ3n) is 8.66. The van der Waals surface area contributed by atoms with Crippen LogP contribution >= 0.6 is 23.2 Å². The Bertz CT molecular complexity index is 1760. The molecule has 9 rings (SSSR count). The van der Waals surface area contributed by atoms with E-state index >= 15 is 0 Å². The van der Waals surface area contributed by atoms with E-state index in [1.165, 1.54) is 4.90 Å². The molecule has 2 bridgehead atoms. The molecule has 40 heavy (non-hydrogen) atoms. The molecule has 0 N–H and O–H groups in total. The van der Waals surface area contributed by atoms with E-state index < -0.39 is 21.6 Å². The monoisotopic (exact) mass is 561 g/mol. The maximum atomic E-state index is 14.2. The number of ether oxygens (including phenoxy) is 1. The summed E-state index contributed by atoms with van der Waals surface area (Å²) in [5.41, 5.74) is 3.60. The molecule has 4 aliphatic rings. The van der Waals surface area contributed by atoms with Crippen LogP contribution < -0.4 is 9.64 Å². The number of carbonyl (C=O) groups is 2. The molecule has 1 heterocycles. The van der Waals surface area contributed by atoms with Crippen LogP contribution in [0.5, 0.6) is 11.5 Å². The summed E-state index contributed by atoms with van der Waals surface area (Å²) in [6.45, 7) is 0. The van der Waals surface area contributed by atoms with Crippen molar-refractivity contribution in [3.63, 3.8) is 0 Å². The zero-order chi connectivity index (χ0) is 27.2. The molecular formula is C34H21Cl2NO3. The average Bonchev–Trinajstić information content (AvgIpc) is 3.27. The summed E-state index contributed by atoms with van der Waals surface area (Å²) in [4.78, 5) is 27.2. The van der Waals surface area contributed by atoms with Crippen LogP contribution in [0.4, 0.5) is 5.69 Å². The SMILES string of the molecule is O=C1[C@@H]2[C@@H](C(=O)N1c1ccc(Oc3cccc4ccccc34)cc1)C1(Cl)c3ccccc3C2(Cl)c2ccccc21. The minimum absolute atomic E-state index is 0.346. The summed E-state index contributed by atoms with van der Waals surface area (Å²) < 4.78 is 6.19. The molecule has 0 saturated carbocycles. The van der Waals surface area contributed by atoms with Crippen LogP contribution in [0, 0.1) is 11.8 Å². The summed E-state index contributed by atoms with van der Waals surface area (Å²) in [5.74, 6) is -1.04. The van der Waals surface area contributed by atoms with Gasteiger partial charge < -0.3 is 4.74 Å². The Balaban J connectivity index is 1.20. The van der Waals surface area contributed by atoms with Crippen LogP contribution in [0.15, 0.2) is 115 Å². The maximum Gasteiger partial charge on any atom is 0.240 e. The van der Waals surface area contributed by atoms with Crippen molar-refractivity contribution in [1.29, 1.82) is 0 Å². The van der Waals surface area contributed by atoms with E-state index in [0.29, 0.717) is 11.4 Å². The minimum atomic E-state index is -1.20.